The molecule has 1 atom stereocenters. The number of carbonyl (C=O) groups excluding carboxylic acids is 1. The van der Waals surface area contributed by atoms with Crippen molar-refractivity contribution in [2.45, 2.75) is 32.8 Å². The summed E-state index contributed by atoms with van der Waals surface area (Å²) in [5.74, 6) is 1.04. The van der Waals surface area contributed by atoms with Gasteiger partial charge >= 0.3 is 5.97 Å². The van der Waals surface area contributed by atoms with Gasteiger partial charge in [-0.05, 0) is 37.6 Å². The molecule has 0 spiro atoms. The fourth-order valence-electron chi connectivity index (χ4n) is 1.34. The molecule has 0 heterocycles. The predicted octanol–water partition coefficient (Wildman–Crippen LogP) is 2.81. The molecular formula is C14H20O4. The van der Waals surface area contributed by atoms with Crippen LogP contribution in [0.4, 0.5) is 0 Å². The van der Waals surface area contributed by atoms with Gasteiger partial charge in [0.2, 0.25) is 0 Å². The Kier molecular flexibility index (Phi) is 6.05. The quantitative estimate of drug-likeness (QED) is 0.553. The van der Waals surface area contributed by atoms with Crippen molar-refractivity contribution in [2.75, 3.05) is 13.7 Å². The second kappa shape index (κ2) is 7.58. The molecule has 1 aromatic rings. The van der Waals surface area contributed by atoms with Gasteiger partial charge in [0.1, 0.15) is 11.5 Å². The van der Waals surface area contributed by atoms with Gasteiger partial charge in [-0.15, -0.1) is 0 Å². The number of carbonyl (C=O) groups is 1. The second-order valence-electron chi connectivity index (χ2n) is 3.96. The average molecular weight is 252 g/mol. The van der Waals surface area contributed by atoms with Crippen molar-refractivity contribution in [1.82, 2.24) is 0 Å². The van der Waals surface area contributed by atoms with E-state index in [-0.39, 0.29) is 5.97 Å². The number of unbranched alkanes of at least 4 members (excludes halogenated alkanes) is 1. The van der Waals surface area contributed by atoms with Gasteiger partial charge in [-0.3, -0.25) is 0 Å². The molecule has 4 nitrogen and oxygen atoms in total. The number of hydrogen-bond donors (Lipinski definition) is 0. The minimum Gasteiger partial charge on any atom is -0.497 e. The third-order valence-corrected chi connectivity index (χ3v) is 2.45. The van der Waals surface area contributed by atoms with Gasteiger partial charge in [0.05, 0.1) is 13.7 Å². The molecule has 0 fully saturated rings. The van der Waals surface area contributed by atoms with E-state index in [1.165, 1.54) is 0 Å². The van der Waals surface area contributed by atoms with Crippen LogP contribution >= 0.6 is 0 Å². The molecule has 1 aromatic carbocycles. The average Bonchev–Trinajstić information content (AvgIpc) is 2.39. The molecule has 0 saturated carbocycles. The number of esters is 1. The van der Waals surface area contributed by atoms with Crippen molar-refractivity contribution in [3.8, 4) is 11.5 Å². The van der Waals surface area contributed by atoms with E-state index in [1.807, 2.05) is 6.92 Å². The number of ether oxygens (including phenoxy) is 3. The molecule has 18 heavy (non-hydrogen) atoms. The maximum atomic E-state index is 11.6. The van der Waals surface area contributed by atoms with Crippen LogP contribution in [0, 0.1) is 0 Å². The van der Waals surface area contributed by atoms with Crippen LogP contribution in [0.2, 0.25) is 0 Å². The molecule has 0 aliphatic rings. The summed E-state index contributed by atoms with van der Waals surface area (Å²) in [4.78, 5) is 11.6. The van der Waals surface area contributed by atoms with Gasteiger partial charge in [-0.1, -0.05) is 13.3 Å². The summed E-state index contributed by atoms with van der Waals surface area (Å²) in [6.45, 7) is 4.18. The molecule has 4 heteroatoms. The van der Waals surface area contributed by atoms with Crippen LogP contribution in [-0.4, -0.2) is 25.8 Å². The lowest BCUT2D eigenvalue weighted by atomic mass is 10.3. The molecule has 0 bridgehead atoms. The van der Waals surface area contributed by atoms with E-state index in [4.69, 9.17) is 14.2 Å². The molecule has 0 aromatic heterocycles. The van der Waals surface area contributed by atoms with Crippen molar-refractivity contribution < 1.29 is 19.0 Å². The zero-order chi connectivity index (χ0) is 13.4. The molecule has 0 aliphatic carbocycles. The minimum atomic E-state index is -0.602. The lowest BCUT2D eigenvalue weighted by molar-refractivity contribution is -0.151. The van der Waals surface area contributed by atoms with Gasteiger partial charge in [0.15, 0.2) is 6.10 Å². The molecule has 100 valence electrons. The molecule has 0 radical (unpaired) electrons. The van der Waals surface area contributed by atoms with Crippen molar-refractivity contribution in [3.63, 3.8) is 0 Å². The maximum absolute atomic E-state index is 11.6. The Bertz CT molecular complexity index is 359. The van der Waals surface area contributed by atoms with Gasteiger partial charge < -0.3 is 14.2 Å². The van der Waals surface area contributed by atoms with Crippen LogP contribution in [-0.2, 0) is 9.53 Å². The standard InChI is InChI=1S/C14H20O4/c1-4-5-10-17-14(15)11(2)18-13-8-6-12(16-3)7-9-13/h6-9,11H,4-5,10H2,1-3H3/t11-/m1/s1. The van der Waals surface area contributed by atoms with E-state index in [2.05, 4.69) is 0 Å². The first kappa shape index (κ1) is 14.4. The van der Waals surface area contributed by atoms with Crippen LogP contribution in [0.5, 0.6) is 11.5 Å². The molecular weight excluding hydrogens is 232 g/mol. The second-order valence-corrected chi connectivity index (χ2v) is 3.96. The summed E-state index contributed by atoms with van der Waals surface area (Å²) in [5.41, 5.74) is 0. The first-order valence-electron chi connectivity index (χ1n) is 6.14. The first-order chi connectivity index (χ1) is 8.67. The van der Waals surface area contributed by atoms with Crippen LogP contribution < -0.4 is 9.47 Å². The highest BCUT2D eigenvalue weighted by Gasteiger charge is 2.15. The predicted molar refractivity (Wildman–Crippen MR) is 69.0 cm³/mol. The van der Waals surface area contributed by atoms with Crippen molar-refractivity contribution in [3.05, 3.63) is 24.3 Å². The topological polar surface area (TPSA) is 44.8 Å². The van der Waals surface area contributed by atoms with Gasteiger partial charge in [0.25, 0.3) is 0 Å². The Balaban J connectivity index is 2.42. The fraction of sp³-hybridized carbons (Fsp3) is 0.500. The van der Waals surface area contributed by atoms with Crippen LogP contribution in [0.3, 0.4) is 0 Å². The van der Waals surface area contributed by atoms with Crippen molar-refractivity contribution >= 4 is 5.97 Å². The summed E-state index contributed by atoms with van der Waals surface area (Å²) in [5, 5.41) is 0. The summed E-state index contributed by atoms with van der Waals surface area (Å²) >= 11 is 0. The lowest BCUT2D eigenvalue weighted by Crippen LogP contribution is -2.26. The number of hydrogen-bond acceptors (Lipinski definition) is 4. The Labute approximate surface area is 108 Å². The normalized spacial score (nSPS) is 11.7. The molecule has 0 saturated heterocycles. The first-order valence-corrected chi connectivity index (χ1v) is 6.14. The summed E-state index contributed by atoms with van der Waals surface area (Å²) in [7, 11) is 1.60. The van der Waals surface area contributed by atoms with E-state index in [9.17, 15) is 4.79 Å². The highest BCUT2D eigenvalue weighted by Crippen LogP contribution is 2.18. The van der Waals surface area contributed by atoms with Crippen LogP contribution in [0.15, 0.2) is 24.3 Å². The largest absolute Gasteiger partial charge is 0.497 e. The lowest BCUT2D eigenvalue weighted by Gasteiger charge is -2.14. The van der Waals surface area contributed by atoms with Crippen LogP contribution in [0.25, 0.3) is 0 Å². The van der Waals surface area contributed by atoms with E-state index in [0.717, 1.165) is 18.6 Å². The third-order valence-electron chi connectivity index (χ3n) is 2.45. The maximum Gasteiger partial charge on any atom is 0.347 e. The molecule has 0 aliphatic heterocycles. The fourth-order valence-corrected chi connectivity index (χ4v) is 1.34. The smallest absolute Gasteiger partial charge is 0.347 e. The summed E-state index contributed by atoms with van der Waals surface area (Å²) < 4.78 is 15.6. The number of rotatable bonds is 7. The van der Waals surface area contributed by atoms with Crippen molar-refractivity contribution in [2.24, 2.45) is 0 Å². The summed E-state index contributed by atoms with van der Waals surface area (Å²) in [6, 6.07) is 7.08. The molecule has 1 rings (SSSR count). The Morgan fingerprint density at radius 1 is 1.22 bits per heavy atom. The van der Waals surface area contributed by atoms with Gasteiger partial charge in [0, 0.05) is 0 Å². The molecule has 0 unspecified atom stereocenters. The number of benzene rings is 1. The Morgan fingerprint density at radius 2 is 1.83 bits per heavy atom. The summed E-state index contributed by atoms with van der Waals surface area (Å²) in [6.07, 6.45) is 1.28. The third kappa shape index (κ3) is 4.65. The highest BCUT2D eigenvalue weighted by molar-refractivity contribution is 5.74. The monoisotopic (exact) mass is 252 g/mol. The van der Waals surface area contributed by atoms with Gasteiger partial charge in [-0.25, -0.2) is 4.79 Å². The van der Waals surface area contributed by atoms with E-state index >= 15 is 0 Å². The van der Waals surface area contributed by atoms with Gasteiger partial charge in [-0.2, -0.15) is 0 Å². The minimum absolute atomic E-state index is 0.334. The SMILES string of the molecule is CCCCOC(=O)[C@@H](C)Oc1ccc(OC)cc1. The van der Waals surface area contributed by atoms with Crippen molar-refractivity contribution in [1.29, 1.82) is 0 Å². The van der Waals surface area contributed by atoms with E-state index < -0.39 is 6.10 Å². The zero-order valence-electron chi connectivity index (χ0n) is 11.1. The zero-order valence-corrected chi connectivity index (χ0v) is 11.1. The van der Waals surface area contributed by atoms with E-state index in [1.54, 1.807) is 38.3 Å². The highest BCUT2D eigenvalue weighted by atomic mass is 16.6. The van der Waals surface area contributed by atoms with Crippen LogP contribution in [0.1, 0.15) is 26.7 Å². The molecule has 0 amide bonds. The molecule has 0 N–H and O–H groups in total. The Hall–Kier alpha value is -1.71. The number of methoxy groups -OCH3 is 1. The van der Waals surface area contributed by atoms with E-state index in [0.29, 0.717) is 12.4 Å². The Morgan fingerprint density at radius 3 is 2.39 bits per heavy atom.